The molecule has 0 atom stereocenters. The van der Waals surface area contributed by atoms with E-state index in [0.717, 1.165) is 9.87 Å². The first-order chi connectivity index (χ1) is 18.4. The molecule has 4 rings (SSSR count). The standard InChI is InChI=1S/C27H23Cl2N3O5S2/c1-19-2-14-26(15-3-19)39(36,37)32(24-12-6-21(29)7-13-24)18-27(33)30-22-10-16-25(17-11-22)38(34,35)31-23-8-4-20(28)5-9-23/h2-17,31H,18H2,1H3,(H,30,33). The number of anilines is 3. The van der Waals surface area contributed by atoms with Gasteiger partial charge in [0.1, 0.15) is 6.54 Å². The monoisotopic (exact) mass is 603 g/mol. The number of sulfonamides is 2. The highest BCUT2D eigenvalue weighted by Crippen LogP contribution is 2.26. The van der Waals surface area contributed by atoms with Gasteiger partial charge in [-0.15, -0.1) is 0 Å². The third-order valence-electron chi connectivity index (χ3n) is 5.56. The van der Waals surface area contributed by atoms with Gasteiger partial charge in [-0.3, -0.25) is 13.8 Å². The normalized spacial score (nSPS) is 11.6. The lowest BCUT2D eigenvalue weighted by Crippen LogP contribution is -2.38. The largest absolute Gasteiger partial charge is 0.325 e. The van der Waals surface area contributed by atoms with E-state index in [9.17, 15) is 21.6 Å². The van der Waals surface area contributed by atoms with Crippen molar-refractivity contribution in [3.05, 3.63) is 113 Å². The molecule has 4 aromatic rings. The van der Waals surface area contributed by atoms with Crippen LogP contribution in [-0.4, -0.2) is 29.3 Å². The fourth-order valence-corrected chi connectivity index (χ4v) is 6.27. The summed E-state index contributed by atoms with van der Waals surface area (Å²) in [6, 6.07) is 24.0. The highest BCUT2D eigenvalue weighted by atomic mass is 35.5. The van der Waals surface area contributed by atoms with Crippen molar-refractivity contribution in [2.75, 3.05) is 20.9 Å². The Morgan fingerprint density at radius 1 is 0.692 bits per heavy atom. The van der Waals surface area contributed by atoms with Crippen molar-refractivity contribution in [3.8, 4) is 0 Å². The first-order valence-corrected chi connectivity index (χ1v) is 15.2. The smallest absolute Gasteiger partial charge is 0.264 e. The molecule has 0 saturated carbocycles. The number of aryl methyl sites for hydroxylation is 1. The molecule has 2 N–H and O–H groups in total. The van der Waals surface area contributed by atoms with E-state index in [-0.39, 0.29) is 21.2 Å². The Labute approximate surface area is 237 Å². The van der Waals surface area contributed by atoms with Gasteiger partial charge in [-0.2, -0.15) is 0 Å². The van der Waals surface area contributed by atoms with E-state index in [0.29, 0.717) is 15.7 Å². The summed E-state index contributed by atoms with van der Waals surface area (Å²) in [5.41, 5.74) is 1.77. The minimum atomic E-state index is -4.10. The van der Waals surface area contributed by atoms with Crippen molar-refractivity contribution in [1.29, 1.82) is 0 Å². The lowest BCUT2D eigenvalue weighted by atomic mass is 10.2. The molecule has 1 amide bonds. The number of amides is 1. The van der Waals surface area contributed by atoms with Crippen LogP contribution in [0.25, 0.3) is 0 Å². The van der Waals surface area contributed by atoms with Crippen molar-refractivity contribution in [3.63, 3.8) is 0 Å². The van der Waals surface area contributed by atoms with Crippen LogP contribution in [0.3, 0.4) is 0 Å². The van der Waals surface area contributed by atoms with Crippen molar-refractivity contribution in [2.45, 2.75) is 16.7 Å². The van der Waals surface area contributed by atoms with Gasteiger partial charge in [-0.1, -0.05) is 40.9 Å². The number of halogens is 2. The van der Waals surface area contributed by atoms with Gasteiger partial charge < -0.3 is 5.32 Å². The molecule has 0 fully saturated rings. The molecule has 0 radical (unpaired) electrons. The number of nitrogens with zero attached hydrogens (tertiary/aromatic N) is 1. The number of hydrogen-bond donors (Lipinski definition) is 2. The Morgan fingerprint density at radius 3 is 1.74 bits per heavy atom. The fraction of sp³-hybridized carbons (Fsp3) is 0.0741. The third-order valence-corrected chi connectivity index (χ3v) is 9.24. The zero-order valence-corrected chi connectivity index (χ0v) is 23.7. The molecule has 0 unspecified atom stereocenters. The molecule has 0 aliphatic rings. The van der Waals surface area contributed by atoms with Crippen LogP contribution < -0.4 is 14.3 Å². The van der Waals surface area contributed by atoms with E-state index in [1.807, 2.05) is 6.92 Å². The molecule has 0 aliphatic carbocycles. The van der Waals surface area contributed by atoms with E-state index in [1.54, 1.807) is 24.3 Å². The predicted molar refractivity (Wildman–Crippen MR) is 154 cm³/mol. The Morgan fingerprint density at radius 2 is 1.18 bits per heavy atom. The molecule has 0 aromatic heterocycles. The molecule has 0 heterocycles. The van der Waals surface area contributed by atoms with Gasteiger partial charge >= 0.3 is 0 Å². The maximum Gasteiger partial charge on any atom is 0.264 e. The first-order valence-electron chi connectivity index (χ1n) is 11.5. The molecule has 0 aliphatic heterocycles. The Balaban J connectivity index is 1.52. The summed E-state index contributed by atoms with van der Waals surface area (Å²) in [7, 11) is -7.98. The van der Waals surface area contributed by atoms with Crippen molar-refractivity contribution >= 4 is 66.2 Å². The summed E-state index contributed by atoms with van der Waals surface area (Å²) in [4.78, 5) is 13.0. The summed E-state index contributed by atoms with van der Waals surface area (Å²) < 4.78 is 55.8. The summed E-state index contributed by atoms with van der Waals surface area (Å²) in [5.74, 6) is -0.629. The summed E-state index contributed by atoms with van der Waals surface area (Å²) in [5, 5.41) is 3.50. The second-order valence-corrected chi connectivity index (χ2v) is 12.9. The van der Waals surface area contributed by atoms with Gasteiger partial charge in [0, 0.05) is 21.4 Å². The minimum absolute atomic E-state index is 0.0265. The van der Waals surface area contributed by atoms with Crippen LogP contribution >= 0.6 is 23.2 Å². The average molecular weight is 605 g/mol. The zero-order valence-electron chi connectivity index (χ0n) is 20.5. The lowest BCUT2D eigenvalue weighted by molar-refractivity contribution is -0.114. The lowest BCUT2D eigenvalue weighted by Gasteiger charge is -2.24. The van der Waals surface area contributed by atoms with Gasteiger partial charge in [-0.05, 0) is 91.9 Å². The van der Waals surface area contributed by atoms with Crippen LogP contribution in [0.15, 0.2) is 107 Å². The van der Waals surface area contributed by atoms with Crippen molar-refractivity contribution in [1.82, 2.24) is 0 Å². The van der Waals surface area contributed by atoms with Gasteiger partial charge in [-0.25, -0.2) is 16.8 Å². The average Bonchev–Trinajstić information content (AvgIpc) is 2.90. The maximum atomic E-state index is 13.5. The van der Waals surface area contributed by atoms with Gasteiger partial charge in [0.15, 0.2) is 0 Å². The van der Waals surface area contributed by atoms with E-state index >= 15 is 0 Å². The van der Waals surface area contributed by atoms with E-state index < -0.39 is 32.5 Å². The van der Waals surface area contributed by atoms with Crippen LogP contribution in [0.5, 0.6) is 0 Å². The van der Waals surface area contributed by atoms with Crippen LogP contribution in [0, 0.1) is 6.92 Å². The number of benzene rings is 4. The van der Waals surface area contributed by atoms with Crippen molar-refractivity contribution < 1.29 is 21.6 Å². The minimum Gasteiger partial charge on any atom is -0.325 e. The van der Waals surface area contributed by atoms with Crippen LogP contribution in [0.4, 0.5) is 17.1 Å². The molecule has 0 spiro atoms. The fourth-order valence-electron chi connectivity index (χ4n) is 3.54. The zero-order chi connectivity index (χ0) is 28.2. The SMILES string of the molecule is Cc1ccc(S(=O)(=O)N(CC(=O)Nc2ccc(S(=O)(=O)Nc3ccc(Cl)cc3)cc2)c2ccc(Cl)cc2)cc1. The molecule has 12 heteroatoms. The molecular formula is C27H23Cl2N3O5S2. The van der Waals surface area contributed by atoms with E-state index in [2.05, 4.69) is 10.0 Å². The predicted octanol–water partition coefficient (Wildman–Crippen LogP) is 5.94. The van der Waals surface area contributed by atoms with E-state index in [1.165, 1.54) is 72.8 Å². The Kier molecular flexibility index (Phi) is 8.51. The molecule has 0 bridgehead atoms. The number of carbonyl (C=O) groups excluding carboxylic acids is 1. The maximum absolute atomic E-state index is 13.5. The second kappa shape index (κ2) is 11.7. The quantitative estimate of drug-likeness (QED) is 0.246. The molecule has 8 nitrogen and oxygen atoms in total. The summed E-state index contributed by atoms with van der Waals surface area (Å²) in [6.45, 7) is 1.31. The third kappa shape index (κ3) is 7.10. The second-order valence-electron chi connectivity index (χ2n) is 8.49. The number of carbonyl (C=O) groups is 1. The van der Waals surface area contributed by atoms with Gasteiger partial charge in [0.05, 0.1) is 15.5 Å². The Bertz CT molecular complexity index is 1680. The number of rotatable bonds is 9. The van der Waals surface area contributed by atoms with Gasteiger partial charge in [0.25, 0.3) is 20.0 Å². The van der Waals surface area contributed by atoms with E-state index in [4.69, 9.17) is 23.2 Å². The molecular weight excluding hydrogens is 581 g/mol. The first kappa shape index (κ1) is 28.4. The molecule has 0 saturated heterocycles. The van der Waals surface area contributed by atoms with Crippen LogP contribution in [-0.2, 0) is 24.8 Å². The molecule has 202 valence electrons. The van der Waals surface area contributed by atoms with Gasteiger partial charge in [0.2, 0.25) is 5.91 Å². The number of hydrogen-bond acceptors (Lipinski definition) is 5. The number of nitrogens with one attached hydrogen (secondary N) is 2. The summed E-state index contributed by atoms with van der Waals surface area (Å²) in [6.07, 6.45) is 0. The van der Waals surface area contributed by atoms with Crippen molar-refractivity contribution in [2.24, 2.45) is 0 Å². The summed E-state index contributed by atoms with van der Waals surface area (Å²) >= 11 is 11.8. The molecule has 39 heavy (non-hydrogen) atoms. The molecule has 4 aromatic carbocycles. The Hall–Kier alpha value is -3.57. The topological polar surface area (TPSA) is 113 Å². The van der Waals surface area contributed by atoms with Crippen LogP contribution in [0.1, 0.15) is 5.56 Å². The van der Waals surface area contributed by atoms with Crippen LogP contribution in [0.2, 0.25) is 10.0 Å². The highest BCUT2D eigenvalue weighted by Gasteiger charge is 2.27. The highest BCUT2D eigenvalue weighted by molar-refractivity contribution is 7.93.